The average molecular weight is 286 g/mol. The topological polar surface area (TPSA) is 28.4 Å². The van der Waals surface area contributed by atoms with Crippen LogP contribution in [0.1, 0.15) is 43.0 Å². The highest BCUT2D eigenvalue weighted by atomic mass is 16.3. The lowest BCUT2D eigenvalue weighted by Crippen LogP contribution is -2.51. The van der Waals surface area contributed by atoms with E-state index >= 15 is 0 Å². The quantitative estimate of drug-likeness (QED) is 0.924. The maximum absolute atomic E-state index is 6.25. The molecule has 1 fully saturated rings. The third kappa shape index (κ3) is 2.29. The normalized spacial score (nSPS) is 19.5. The molecule has 1 aliphatic rings. The van der Waals surface area contributed by atoms with Crippen LogP contribution in [-0.2, 0) is 0 Å². The number of furan rings is 1. The summed E-state index contributed by atoms with van der Waals surface area (Å²) in [6.07, 6.45) is 5.05. The summed E-state index contributed by atoms with van der Waals surface area (Å²) in [5.74, 6) is 1.07. The number of nitrogens with one attached hydrogen (secondary N) is 1. The summed E-state index contributed by atoms with van der Waals surface area (Å²) in [6, 6.07) is 8.80. The van der Waals surface area contributed by atoms with E-state index < -0.39 is 0 Å². The van der Waals surface area contributed by atoms with Gasteiger partial charge in [-0.25, -0.2) is 0 Å². The summed E-state index contributed by atoms with van der Waals surface area (Å²) in [7, 11) is 6.45. The number of hydrogen-bond acceptors (Lipinski definition) is 3. The van der Waals surface area contributed by atoms with Crippen molar-refractivity contribution in [3.63, 3.8) is 0 Å². The fraction of sp³-hybridized carbons (Fsp3) is 0.556. The minimum atomic E-state index is 0.163. The number of hydrogen-bond donors (Lipinski definition) is 1. The van der Waals surface area contributed by atoms with E-state index in [0.717, 1.165) is 11.3 Å². The van der Waals surface area contributed by atoms with Crippen LogP contribution in [0.2, 0.25) is 0 Å². The Morgan fingerprint density at radius 3 is 2.52 bits per heavy atom. The second-order valence-electron chi connectivity index (χ2n) is 6.57. The van der Waals surface area contributed by atoms with Gasteiger partial charge in [-0.3, -0.25) is 0 Å². The lowest BCUT2D eigenvalue weighted by Gasteiger charge is -2.42. The van der Waals surface area contributed by atoms with Crippen LogP contribution in [0.3, 0.4) is 0 Å². The molecule has 0 radical (unpaired) electrons. The van der Waals surface area contributed by atoms with Gasteiger partial charge >= 0.3 is 0 Å². The largest absolute Gasteiger partial charge is 0.459 e. The first-order valence-corrected chi connectivity index (χ1v) is 7.92. The molecule has 3 nitrogen and oxygen atoms in total. The Bertz CT molecular complexity index is 623. The Morgan fingerprint density at radius 2 is 1.95 bits per heavy atom. The molecule has 1 saturated carbocycles. The van der Waals surface area contributed by atoms with E-state index in [1.807, 2.05) is 7.05 Å². The molecule has 1 aliphatic carbocycles. The fourth-order valence-electron chi connectivity index (χ4n) is 4.03. The van der Waals surface area contributed by atoms with Gasteiger partial charge < -0.3 is 14.6 Å². The summed E-state index contributed by atoms with van der Waals surface area (Å²) in [6.45, 7) is 2.11. The van der Waals surface area contributed by atoms with Gasteiger partial charge in [0.15, 0.2) is 0 Å². The number of aryl methyl sites for hydroxylation is 1. The Labute approximate surface area is 127 Å². The summed E-state index contributed by atoms with van der Waals surface area (Å²) in [4.78, 5) is 2.39. The monoisotopic (exact) mass is 286 g/mol. The first-order chi connectivity index (χ1) is 10.1. The van der Waals surface area contributed by atoms with Crippen molar-refractivity contribution in [2.75, 3.05) is 21.1 Å². The van der Waals surface area contributed by atoms with Gasteiger partial charge in [0.2, 0.25) is 0 Å². The van der Waals surface area contributed by atoms with Gasteiger partial charge in [0.25, 0.3) is 0 Å². The zero-order valence-corrected chi connectivity index (χ0v) is 13.6. The van der Waals surface area contributed by atoms with Gasteiger partial charge in [-0.15, -0.1) is 0 Å². The van der Waals surface area contributed by atoms with Crippen LogP contribution in [0.25, 0.3) is 11.0 Å². The van der Waals surface area contributed by atoms with Crippen LogP contribution < -0.4 is 5.32 Å². The number of fused-ring (bicyclic) bond motifs is 1. The second-order valence-corrected chi connectivity index (χ2v) is 6.57. The van der Waals surface area contributed by atoms with Gasteiger partial charge in [-0.2, -0.15) is 0 Å². The van der Waals surface area contributed by atoms with Gasteiger partial charge in [-0.1, -0.05) is 31.0 Å². The molecule has 1 heterocycles. The summed E-state index contributed by atoms with van der Waals surface area (Å²) < 4.78 is 6.25. The smallest absolute Gasteiger partial charge is 0.137 e. The molecule has 0 saturated heterocycles. The molecule has 3 heteroatoms. The van der Waals surface area contributed by atoms with Crippen molar-refractivity contribution in [1.29, 1.82) is 0 Å². The van der Waals surface area contributed by atoms with Crippen LogP contribution >= 0.6 is 0 Å². The first-order valence-electron chi connectivity index (χ1n) is 7.92. The molecule has 0 amide bonds. The molecule has 1 atom stereocenters. The maximum atomic E-state index is 6.25. The van der Waals surface area contributed by atoms with Gasteiger partial charge in [0.1, 0.15) is 11.3 Å². The van der Waals surface area contributed by atoms with Crippen molar-refractivity contribution in [3.05, 3.63) is 35.6 Å². The van der Waals surface area contributed by atoms with Crippen LogP contribution in [0.15, 0.2) is 28.7 Å². The van der Waals surface area contributed by atoms with E-state index in [9.17, 15) is 0 Å². The zero-order valence-electron chi connectivity index (χ0n) is 13.6. The Morgan fingerprint density at radius 1 is 1.24 bits per heavy atom. The van der Waals surface area contributed by atoms with Crippen molar-refractivity contribution < 1.29 is 4.42 Å². The molecule has 1 aromatic carbocycles. The lowest BCUT2D eigenvalue weighted by molar-refractivity contribution is 0.0982. The van der Waals surface area contributed by atoms with Crippen molar-refractivity contribution in [2.45, 2.75) is 44.2 Å². The van der Waals surface area contributed by atoms with Crippen molar-refractivity contribution >= 4 is 11.0 Å². The van der Waals surface area contributed by atoms with Crippen LogP contribution in [0.4, 0.5) is 0 Å². The molecule has 0 aliphatic heterocycles. The van der Waals surface area contributed by atoms with E-state index in [0.29, 0.717) is 0 Å². The minimum Gasteiger partial charge on any atom is -0.459 e. The number of rotatable bonds is 4. The van der Waals surface area contributed by atoms with Gasteiger partial charge in [-0.05, 0) is 52.5 Å². The predicted octanol–water partition coefficient (Wildman–Crippen LogP) is 3.88. The molecule has 21 heavy (non-hydrogen) atoms. The highest BCUT2D eigenvalue weighted by Crippen LogP contribution is 2.44. The molecule has 2 aromatic rings. The number of likely N-dealkylation sites (N-methyl/N-ethyl adjacent to an activating group) is 2. The molecule has 0 bridgehead atoms. The Balaban J connectivity index is 2.07. The van der Waals surface area contributed by atoms with Crippen molar-refractivity contribution in [1.82, 2.24) is 10.2 Å². The highest BCUT2D eigenvalue weighted by molar-refractivity contribution is 5.81. The highest BCUT2D eigenvalue weighted by Gasteiger charge is 2.44. The SMILES string of the molecule is CNC(c1cc2cccc(C)c2o1)C1(N(C)C)CCCC1. The van der Waals surface area contributed by atoms with E-state index in [2.05, 4.69) is 55.5 Å². The third-order valence-electron chi connectivity index (χ3n) is 5.23. The fourth-order valence-corrected chi connectivity index (χ4v) is 4.03. The Kier molecular flexibility index (Phi) is 3.80. The maximum Gasteiger partial charge on any atom is 0.137 e. The molecule has 114 valence electrons. The van der Waals surface area contributed by atoms with E-state index in [1.54, 1.807) is 0 Å². The summed E-state index contributed by atoms with van der Waals surface area (Å²) in [5.41, 5.74) is 2.40. The van der Waals surface area contributed by atoms with Crippen LogP contribution in [0, 0.1) is 6.92 Å². The van der Waals surface area contributed by atoms with Crippen molar-refractivity contribution in [3.8, 4) is 0 Å². The van der Waals surface area contributed by atoms with Crippen LogP contribution in [-0.4, -0.2) is 31.6 Å². The average Bonchev–Trinajstić information content (AvgIpc) is 3.08. The predicted molar refractivity (Wildman–Crippen MR) is 87.6 cm³/mol. The molecule has 1 aromatic heterocycles. The molecule has 0 spiro atoms. The first kappa shape index (κ1) is 14.6. The molecule has 1 unspecified atom stereocenters. The second kappa shape index (κ2) is 5.47. The number of nitrogens with zero attached hydrogens (tertiary/aromatic N) is 1. The van der Waals surface area contributed by atoms with Gasteiger partial charge in [0.05, 0.1) is 6.04 Å². The van der Waals surface area contributed by atoms with E-state index in [4.69, 9.17) is 4.42 Å². The number of para-hydroxylation sites is 1. The molecular weight excluding hydrogens is 260 g/mol. The third-order valence-corrected chi connectivity index (χ3v) is 5.23. The zero-order chi connectivity index (χ0) is 15.0. The van der Waals surface area contributed by atoms with Crippen molar-refractivity contribution in [2.24, 2.45) is 0 Å². The Hall–Kier alpha value is -1.32. The summed E-state index contributed by atoms with van der Waals surface area (Å²) in [5, 5.41) is 4.73. The van der Waals surface area contributed by atoms with E-state index in [1.165, 1.54) is 36.6 Å². The number of benzene rings is 1. The lowest BCUT2D eigenvalue weighted by atomic mass is 9.85. The van der Waals surface area contributed by atoms with Crippen LogP contribution in [0.5, 0.6) is 0 Å². The van der Waals surface area contributed by atoms with E-state index in [-0.39, 0.29) is 11.6 Å². The minimum absolute atomic E-state index is 0.163. The summed E-state index contributed by atoms with van der Waals surface area (Å²) >= 11 is 0. The molecular formula is C18H26N2O. The molecule has 3 rings (SSSR count). The molecule has 1 N–H and O–H groups in total. The standard InChI is InChI=1S/C18H26N2O/c1-13-8-7-9-14-12-15(21-16(13)14)17(19-2)18(20(3)4)10-5-6-11-18/h7-9,12,17,19H,5-6,10-11H2,1-4H3. The van der Waals surface area contributed by atoms with Gasteiger partial charge in [0, 0.05) is 10.9 Å².